The molecule has 2 heterocycles. The Balaban J connectivity index is 2.44. The van der Waals surface area contributed by atoms with Crippen molar-refractivity contribution in [1.82, 2.24) is 58.5 Å². The third kappa shape index (κ3) is 26.2. The number of rotatable bonds is 22. The number of nitrogens with one attached hydrogen (secondary N) is 11. The highest BCUT2D eigenvalue weighted by Gasteiger charge is 2.47. The van der Waals surface area contributed by atoms with Crippen LogP contribution in [0.25, 0.3) is 0 Å². The zero-order chi connectivity index (χ0) is 74.1. The minimum absolute atomic E-state index is 0.0159. The highest BCUT2D eigenvalue weighted by Crippen LogP contribution is 2.27. The number of carbonyl (C=O) groups excluding carboxylic acids is 13. The summed E-state index contributed by atoms with van der Waals surface area (Å²) in [4.78, 5) is 190. The number of alkyl carbamates (subject to hydrolysis) is 1. The summed E-state index contributed by atoms with van der Waals surface area (Å²) in [6.07, 6.45) is -9.75. The van der Waals surface area contributed by atoms with E-state index in [4.69, 9.17) is 31.4 Å². The van der Waals surface area contributed by atoms with Crippen LogP contribution in [0.5, 0.6) is 0 Å². The molecule has 0 spiro atoms. The zero-order valence-corrected chi connectivity index (χ0v) is 57.7. The number of nitrogens with two attached hydrogens (primary N) is 3. The lowest BCUT2D eigenvalue weighted by atomic mass is 9.88. The Morgan fingerprint density at radius 1 is 0.704 bits per heavy atom. The Bertz CT molecular complexity index is 2950. The number of benzene rings is 1. The van der Waals surface area contributed by atoms with E-state index in [1.807, 2.05) is 10.6 Å². The van der Waals surface area contributed by atoms with Gasteiger partial charge in [-0.25, -0.2) is 9.59 Å². The molecule has 1 aromatic rings. The quantitative estimate of drug-likeness (QED) is 0.0224. The molecule has 0 saturated carbocycles. The average Bonchev–Trinajstić information content (AvgIpc) is 0.809. The summed E-state index contributed by atoms with van der Waals surface area (Å²) in [5.74, 6) is -17.8. The van der Waals surface area contributed by atoms with Crippen molar-refractivity contribution in [3.8, 4) is 0 Å². The lowest BCUT2D eigenvalue weighted by molar-refractivity contribution is -0.159. The normalized spacial score (nSPS) is 24.8. The Morgan fingerprint density at radius 3 is 1.81 bits per heavy atom. The van der Waals surface area contributed by atoms with Crippen molar-refractivity contribution in [2.24, 2.45) is 45.9 Å². The van der Waals surface area contributed by atoms with Crippen LogP contribution in [-0.2, 0) is 71.7 Å². The topological polar surface area (TPSA) is 553 Å². The molecular formula is C63H103N15O20. The summed E-state index contributed by atoms with van der Waals surface area (Å²) in [5, 5.41) is 71.1. The average molecular weight is 1390 g/mol. The number of amides is 12. The van der Waals surface area contributed by atoms with Crippen molar-refractivity contribution in [2.45, 2.75) is 218 Å². The van der Waals surface area contributed by atoms with E-state index < -0.39 is 204 Å². The van der Waals surface area contributed by atoms with Gasteiger partial charge >= 0.3 is 12.1 Å². The smallest absolute Gasteiger partial charge is 0.408 e. The van der Waals surface area contributed by atoms with Gasteiger partial charge in [0.15, 0.2) is 24.2 Å². The molecule has 12 amide bonds. The van der Waals surface area contributed by atoms with Gasteiger partial charge in [0.2, 0.25) is 65.0 Å². The van der Waals surface area contributed by atoms with Crippen LogP contribution in [0.15, 0.2) is 35.3 Å². The number of carbonyl (C=O) groups is 13. The number of hydrogen-bond acceptors (Lipinski definition) is 21. The van der Waals surface area contributed by atoms with Crippen molar-refractivity contribution in [3.63, 3.8) is 0 Å². The third-order valence-electron chi connectivity index (χ3n) is 15.9. The predicted octanol–water partition coefficient (Wildman–Crippen LogP) is -4.73. The molecule has 98 heavy (non-hydrogen) atoms. The van der Waals surface area contributed by atoms with Crippen molar-refractivity contribution in [3.05, 3.63) is 35.9 Å². The number of primary amides is 1. The number of nitrogens with zero attached hydrogens (tertiary/aromatic N) is 1. The molecule has 21 N–H and O–H groups in total. The first-order chi connectivity index (χ1) is 45.8. The first kappa shape index (κ1) is 83.4. The largest absolute Gasteiger partial charge is 0.453 e. The van der Waals surface area contributed by atoms with Crippen LogP contribution in [0.3, 0.4) is 0 Å². The summed E-state index contributed by atoms with van der Waals surface area (Å²) in [6, 6.07) is -10.2. The SMILES string of the molecule is CC[C@H](C)C1NC(=O)[C@@H](CCCN=C(N)N)NC(=O)[C@H](CC(C)C)NC(=O)[C@H]([C@H](O)C(C)C)NC(=O)[C@@H](NC(=O)[C@H](CC(C)C)NC(=O)C2(NC(=O)OC(C)(C)C)CCOCC2)[C@@H](c2ccccc2)OC(=O)[C@H](CO)NC(=O)[C@H]([C@H](O)C(N)=O)NC(=O)CNC(=O)C([C@H](C)O)NC1=O. The maximum Gasteiger partial charge on any atom is 0.408 e. The second-order valence-corrected chi connectivity index (χ2v) is 26.6. The monoisotopic (exact) mass is 1390 g/mol. The highest BCUT2D eigenvalue weighted by molar-refractivity contribution is 6.01. The van der Waals surface area contributed by atoms with E-state index in [0.717, 1.165) is 6.92 Å². The van der Waals surface area contributed by atoms with Gasteiger partial charge in [-0.15, -0.1) is 0 Å². The van der Waals surface area contributed by atoms with Crippen molar-refractivity contribution >= 4 is 83.0 Å². The number of aliphatic hydroxyl groups is 4. The summed E-state index contributed by atoms with van der Waals surface area (Å²) in [6.45, 7) is 16.3. The van der Waals surface area contributed by atoms with Crippen LogP contribution in [0, 0.1) is 23.7 Å². The Kier molecular flexibility index (Phi) is 33.2. The number of esters is 1. The second-order valence-electron chi connectivity index (χ2n) is 26.6. The van der Waals surface area contributed by atoms with Crippen molar-refractivity contribution in [1.29, 1.82) is 0 Å². The summed E-state index contributed by atoms with van der Waals surface area (Å²) in [5.41, 5.74) is 13.6. The van der Waals surface area contributed by atoms with Gasteiger partial charge in [0.25, 0.3) is 0 Å². The molecule has 3 rings (SSSR count). The number of aliphatic hydroxyl groups excluding tert-OH is 4. The minimum Gasteiger partial charge on any atom is -0.453 e. The van der Waals surface area contributed by atoms with Gasteiger partial charge in [-0.2, -0.15) is 0 Å². The van der Waals surface area contributed by atoms with Crippen LogP contribution in [0.1, 0.15) is 140 Å². The maximum atomic E-state index is 15.6. The van der Waals surface area contributed by atoms with E-state index >= 15 is 14.4 Å². The van der Waals surface area contributed by atoms with Gasteiger partial charge in [-0.1, -0.05) is 92.1 Å². The number of aliphatic imine (C=N–C) groups is 1. The molecule has 2 fully saturated rings. The Morgan fingerprint density at radius 2 is 1.27 bits per heavy atom. The van der Waals surface area contributed by atoms with Crippen LogP contribution < -0.4 is 75.7 Å². The number of cyclic esters (lactones) is 1. The molecule has 0 aliphatic carbocycles. The number of ether oxygens (including phenoxy) is 3. The molecule has 2 aliphatic rings. The standard InChI is InChI=1S/C63H103N15O20/c1-13-33(8)41-54(89)75-42(34(9)80)53(88)68-28-40(81)73-44(47(83)49(64)84)56(91)71-39(29-79)58(93)97-48(35-18-15-14-16-19-35)45(77-52(87)38(27-31(4)5)72-59(94)63(21-24-96-25-22-63)78-61(95)98-62(10,11)12)57(92)76-43(46(82)32(6)7)55(90)70-37(26-30(2)3)51(86)69-36(50(85)74-41)20-17-23-67-60(65)66/h14-16,18-19,30-34,36-39,41-48,79-80,82-83H,13,17,20-29H2,1-12H3,(H2,64,84)(H,68,88)(H,69,86)(H,70,90)(H,71,91)(H,72,94)(H,73,81)(H,74,85)(H,75,89)(H,76,92)(H,77,87)(H,78,95)(H4,65,66,67)/t33-,34-,36+,37-,38-,39-,41?,42?,43-,44-,45-,46+,47-,48+/m0/s1. The minimum atomic E-state index is -2.60. The van der Waals surface area contributed by atoms with Gasteiger partial charge < -0.3 is 110 Å². The number of guanidine groups is 1. The lowest BCUT2D eigenvalue weighted by Crippen LogP contribution is -2.66. The summed E-state index contributed by atoms with van der Waals surface area (Å²) in [7, 11) is 0. The van der Waals surface area contributed by atoms with E-state index in [1.165, 1.54) is 44.2 Å². The van der Waals surface area contributed by atoms with Crippen LogP contribution in [0.2, 0.25) is 0 Å². The van der Waals surface area contributed by atoms with Crippen molar-refractivity contribution in [2.75, 3.05) is 32.9 Å². The highest BCUT2D eigenvalue weighted by atomic mass is 16.6. The third-order valence-corrected chi connectivity index (χ3v) is 15.9. The van der Waals surface area contributed by atoms with E-state index in [2.05, 4.69) is 52.8 Å². The van der Waals surface area contributed by atoms with Crippen molar-refractivity contribution < 1.29 is 97.0 Å². The second kappa shape index (κ2) is 39.0. The first-order valence-electron chi connectivity index (χ1n) is 32.6. The molecular weight excluding hydrogens is 1290 g/mol. The van der Waals surface area contributed by atoms with Crippen LogP contribution in [0.4, 0.5) is 4.79 Å². The molecule has 0 radical (unpaired) electrons. The molecule has 0 bridgehead atoms. The fourth-order valence-electron chi connectivity index (χ4n) is 10.3. The molecule has 14 atom stereocenters. The predicted molar refractivity (Wildman–Crippen MR) is 351 cm³/mol. The molecule has 550 valence electrons. The van der Waals surface area contributed by atoms with E-state index in [9.17, 15) is 68.4 Å². The Labute approximate surface area is 569 Å². The summed E-state index contributed by atoms with van der Waals surface area (Å²) >= 11 is 0. The molecule has 2 unspecified atom stereocenters. The Hall–Kier alpha value is -8.80. The van der Waals surface area contributed by atoms with E-state index in [0.29, 0.717) is 0 Å². The molecule has 35 nitrogen and oxygen atoms in total. The van der Waals surface area contributed by atoms with Crippen LogP contribution >= 0.6 is 0 Å². The summed E-state index contributed by atoms with van der Waals surface area (Å²) < 4.78 is 17.0. The molecule has 0 aromatic heterocycles. The zero-order valence-electron chi connectivity index (χ0n) is 57.7. The van der Waals surface area contributed by atoms with Gasteiger partial charge in [0, 0.05) is 32.6 Å². The fraction of sp³-hybridized carbons (Fsp3) is 0.683. The lowest BCUT2D eigenvalue weighted by Gasteiger charge is -2.38. The van der Waals surface area contributed by atoms with Crippen LogP contribution in [-0.4, -0.2) is 220 Å². The van der Waals surface area contributed by atoms with E-state index in [1.54, 1.807) is 62.3 Å². The van der Waals surface area contributed by atoms with Gasteiger partial charge in [0.05, 0.1) is 25.4 Å². The number of hydrogen-bond donors (Lipinski definition) is 18. The molecule has 35 heteroatoms. The van der Waals surface area contributed by atoms with E-state index in [-0.39, 0.29) is 76.2 Å². The van der Waals surface area contributed by atoms with Gasteiger partial charge in [-0.05, 0) is 82.6 Å². The maximum absolute atomic E-state index is 15.6. The fourth-order valence-corrected chi connectivity index (χ4v) is 10.3. The van der Waals surface area contributed by atoms with Gasteiger partial charge in [-0.3, -0.25) is 57.7 Å². The first-order valence-corrected chi connectivity index (χ1v) is 32.6. The molecule has 1 aromatic carbocycles. The van der Waals surface area contributed by atoms with Gasteiger partial charge in [0.1, 0.15) is 59.5 Å². The molecule has 2 aliphatic heterocycles. The molecule has 2 saturated heterocycles.